The molecule has 77 heavy (non-hydrogen) atoms. The van der Waals surface area contributed by atoms with Crippen molar-refractivity contribution in [1.29, 1.82) is 5.26 Å². The molecule has 1 amide bonds. The summed E-state index contributed by atoms with van der Waals surface area (Å²) in [5.41, 5.74) is 12.9. The lowest BCUT2D eigenvalue weighted by atomic mass is 10.0. The second-order valence-corrected chi connectivity index (χ2v) is 17.4. The molecule has 0 atom stereocenters. The van der Waals surface area contributed by atoms with Crippen LogP contribution >= 0.6 is 0 Å². The molecule has 0 aliphatic rings. The number of anilines is 4. The Morgan fingerprint density at radius 2 is 0.896 bits per heavy atom. The standard InChI is InChI=1S/C31H23N5O3.C31H21N5O2/c1-38-28-18-26-24(17-25(28)30(32)37)27(15-16-33-26)39-21-13-11-20(12-14-21)34-31-23-10-6-5-9-22(23)29(35-36-31)19-7-3-2-4-8-19;1-37-29-18-27-26(17-21(29)19-32)28(15-16-33-27)38-23-13-11-22(12-14-23)34-31-25-10-6-5-9-24(25)30(35-36-31)20-7-3-2-4-8-20/h2-18H,1H3,(H2,32,37)(H,34,36);2-18H,1H3,(H,34,36). The molecule has 12 aromatic rings. The number of carbonyl (C=O) groups excluding carboxylic acids is 1. The summed E-state index contributed by atoms with van der Waals surface area (Å²) in [5, 5.41) is 39.6. The highest BCUT2D eigenvalue weighted by Crippen LogP contribution is 2.37. The predicted octanol–water partition coefficient (Wildman–Crippen LogP) is 13.7. The van der Waals surface area contributed by atoms with Gasteiger partial charge in [-0.2, -0.15) is 5.26 Å². The number of fused-ring (bicyclic) bond motifs is 4. The first-order valence-corrected chi connectivity index (χ1v) is 24.2. The van der Waals surface area contributed by atoms with Gasteiger partial charge in [0.15, 0.2) is 11.6 Å². The van der Waals surface area contributed by atoms with Crippen LogP contribution < -0.4 is 35.3 Å². The fourth-order valence-corrected chi connectivity index (χ4v) is 8.84. The van der Waals surface area contributed by atoms with Crippen LogP contribution in [0, 0.1) is 11.3 Å². The number of nitrogens with two attached hydrogens (primary N) is 1. The van der Waals surface area contributed by atoms with E-state index in [-0.39, 0.29) is 5.56 Å². The molecule has 0 unspecified atom stereocenters. The van der Waals surface area contributed by atoms with E-state index >= 15 is 0 Å². The van der Waals surface area contributed by atoms with Gasteiger partial charge in [0, 0.05) is 79.3 Å². The number of rotatable bonds is 13. The van der Waals surface area contributed by atoms with Gasteiger partial charge >= 0.3 is 0 Å². The fourth-order valence-electron chi connectivity index (χ4n) is 8.84. The van der Waals surface area contributed by atoms with E-state index in [2.05, 4.69) is 53.1 Å². The van der Waals surface area contributed by atoms with Crippen molar-refractivity contribution in [2.75, 3.05) is 24.9 Å². The molecule has 8 aromatic carbocycles. The van der Waals surface area contributed by atoms with Crippen LogP contribution in [0.1, 0.15) is 15.9 Å². The smallest absolute Gasteiger partial charge is 0.252 e. The number of benzene rings is 8. The van der Waals surface area contributed by atoms with Gasteiger partial charge in [-0.05, 0) is 72.8 Å². The zero-order chi connectivity index (χ0) is 52.7. The Balaban J connectivity index is 0.000000164. The Bertz CT molecular complexity index is 4180. The Morgan fingerprint density at radius 1 is 0.468 bits per heavy atom. The molecule has 15 heteroatoms. The van der Waals surface area contributed by atoms with Gasteiger partial charge in [0.2, 0.25) is 0 Å². The third-order valence-electron chi connectivity index (χ3n) is 12.6. The highest BCUT2D eigenvalue weighted by molar-refractivity contribution is 6.03. The van der Waals surface area contributed by atoms with Crippen LogP contribution in [0.3, 0.4) is 0 Å². The fraction of sp³-hybridized carbons (Fsp3) is 0.0323. The highest BCUT2D eigenvalue weighted by Gasteiger charge is 2.17. The lowest BCUT2D eigenvalue weighted by Crippen LogP contribution is -2.12. The van der Waals surface area contributed by atoms with E-state index in [4.69, 9.17) is 24.7 Å². The van der Waals surface area contributed by atoms with Crippen molar-refractivity contribution in [3.63, 3.8) is 0 Å². The van der Waals surface area contributed by atoms with E-state index in [0.29, 0.717) is 68.1 Å². The van der Waals surface area contributed by atoms with E-state index in [1.165, 1.54) is 14.2 Å². The quantitative estimate of drug-likeness (QED) is 0.0983. The molecule has 0 fully saturated rings. The number of amides is 1. The minimum Gasteiger partial charge on any atom is -0.496 e. The summed E-state index contributed by atoms with van der Waals surface area (Å²) in [6.07, 6.45) is 3.31. The van der Waals surface area contributed by atoms with Crippen LogP contribution in [0.25, 0.3) is 65.9 Å². The number of nitriles is 1. The van der Waals surface area contributed by atoms with Gasteiger partial charge in [-0.1, -0.05) is 109 Å². The summed E-state index contributed by atoms with van der Waals surface area (Å²) < 4.78 is 22.9. The Kier molecular flexibility index (Phi) is 13.6. The van der Waals surface area contributed by atoms with Gasteiger partial charge in [0.1, 0.15) is 52.0 Å². The molecule has 0 spiro atoms. The molecule has 0 radical (unpaired) electrons. The van der Waals surface area contributed by atoms with Gasteiger partial charge in [-0.15, -0.1) is 20.4 Å². The monoisotopic (exact) mass is 1010 g/mol. The number of nitrogens with one attached hydrogen (secondary N) is 2. The van der Waals surface area contributed by atoms with Crippen molar-refractivity contribution < 1.29 is 23.7 Å². The minimum absolute atomic E-state index is 0.258. The molecule has 372 valence electrons. The lowest BCUT2D eigenvalue weighted by molar-refractivity contribution is 0.0997. The predicted molar refractivity (Wildman–Crippen MR) is 299 cm³/mol. The number of carbonyl (C=O) groups is 1. The van der Waals surface area contributed by atoms with Crippen molar-refractivity contribution in [2.24, 2.45) is 5.73 Å². The van der Waals surface area contributed by atoms with E-state index in [9.17, 15) is 10.1 Å². The number of hydrogen-bond donors (Lipinski definition) is 3. The second kappa shape index (κ2) is 21.6. The third kappa shape index (κ3) is 10.2. The first kappa shape index (κ1) is 48.3. The molecule has 0 aliphatic heterocycles. The van der Waals surface area contributed by atoms with E-state index < -0.39 is 5.91 Å². The van der Waals surface area contributed by atoms with E-state index in [1.807, 2.05) is 152 Å². The zero-order valence-electron chi connectivity index (χ0n) is 41.4. The third-order valence-corrected chi connectivity index (χ3v) is 12.6. The average molecular weight is 1010 g/mol. The van der Waals surface area contributed by atoms with Crippen molar-refractivity contribution in [3.05, 3.63) is 218 Å². The molecule has 0 saturated heterocycles. The molecule has 4 aromatic heterocycles. The normalized spacial score (nSPS) is 10.8. The van der Waals surface area contributed by atoms with E-state index in [1.54, 1.807) is 48.8 Å². The average Bonchev–Trinajstić information content (AvgIpc) is 3.50. The summed E-state index contributed by atoms with van der Waals surface area (Å²) >= 11 is 0. The first-order valence-electron chi connectivity index (χ1n) is 24.2. The summed E-state index contributed by atoms with van der Waals surface area (Å²) in [6, 6.07) is 63.7. The molecule has 4 N–H and O–H groups in total. The number of nitrogens with zero attached hydrogens (tertiary/aromatic N) is 7. The number of hydrogen-bond acceptors (Lipinski definition) is 14. The second-order valence-electron chi connectivity index (χ2n) is 17.4. The maximum Gasteiger partial charge on any atom is 0.252 e. The molecular weight excluding hydrogens is 965 g/mol. The van der Waals surface area contributed by atoms with Crippen LogP contribution in [-0.2, 0) is 0 Å². The maximum absolute atomic E-state index is 11.9. The van der Waals surface area contributed by atoms with Crippen LogP contribution in [0.4, 0.5) is 23.0 Å². The summed E-state index contributed by atoms with van der Waals surface area (Å²) in [5.74, 6) is 3.98. The summed E-state index contributed by atoms with van der Waals surface area (Å²) in [4.78, 5) is 20.7. The maximum atomic E-state index is 11.9. The molecule has 4 heterocycles. The summed E-state index contributed by atoms with van der Waals surface area (Å²) in [7, 11) is 3.01. The molecule has 12 rings (SSSR count). The van der Waals surface area contributed by atoms with Crippen molar-refractivity contribution in [2.45, 2.75) is 0 Å². The number of pyridine rings is 2. The topological polar surface area (TPSA) is 205 Å². The van der Waals surface area contributed by atoms with Crippen molar-refractivity contribution >= 4 is 72.3 Å². The van der Waals surface area contributed by atoms with Gasteiger partial charge in [0.05, 0.1) is 36.4 Å². The van der Waals surface area contributed by atoms with Crippen LogP contribution in [0.5, 0.6) is 34.5 Å². The molecule has 0 aliphatic carbocycles. The Hall–Kier alpha value is -11.0. The number of aromatic nitrogens is 6. The van der Waals surface area contributed by atoms with Gasteiger partial charge in [-0.3, -0.25) is 14.8 Å². The van der Waals surface area contributed by atoms with Crippen LogP contribution in [-0.4, -0.2) is 50.5 Å². The largest absolute Gasteiger partial charge is 0.496 e. The highest BCUT2D eigenvalue weighted by atomic mass is 16.5. The number of primary amides is 1. The first-order chi connectivity index (χ1) is 37.8. The summed E-state index contributed by atoms with van der Waals surface area (Å²) in [6.45, 7) is 0. The Labute approximate surface area is 441 Å². The van der Waals surface area contributed by atoms with Gasteiger partial charge in [-0.25, -0.2) is 0 Å². The molecule has 15 nitrogen and oxygen atoms in total. The molecule has 0 bridgehead atoms. The van der Waals surface area contributed by atoms with E-state index in [0.717, 1.165) is 60.8 Å². The van der Waals surface area contributed by atoms with Gasteiger partial charge in [0.25, 0.3) is 5.91 Å². The minimum atomic E-state index is -0.591. The van der Waals surface area contributed by atoms with Crippen molar-refractivity contribution in [3.8, 4) is 63.1 Å². The number of ether oxygens (including phenoxy) is 4. The zero-order valence-corrected chi connectivity index (χ0v) is 41.4. The van der Waals surface area contributed by atoms with Gasteiger partial charge < -0.3 is 35.3 Å². The van der Waals surface area contributed by atoms with Crippen LogP contribution in [0.15, 0.2) is 207 Å². The van der Waals surface area contributed by atoms with Crippen LogP contribution in [0.2, 0.25) is 0 Å². The number of methoxy groups -OCH3 is 2. The SMILES string of the molecule is COc1cc2nccc(Oc3ccc(Nc4nnc(-c5ccccc5)c5ccccc45)cc3)c2cc1C#N.COc1cc2nccc(Oc3ccc(Nc4nnc(-c5ccccc5)c5ccccc45)cc3)c2cc1C(N)=O. The van der Waals surface area contributed by atoms with Crippen molar-refractivity contribution in [1.82, 2.24) is 30.4 Å². The Morgan fingerprint density at radius 3 is 1.34 bits per heavy atom. The molecule has 0 saturated carbocycles. The molecular formula is C62H44N10O5. The lowest BCUT2D eigenvalue weighted by Gasteiger charge is -2.13.